The Kier molecular flexibility index (Phi) is 4.59. The number of allylic oxidation sites excluding steroid dienone is 1. The summed E-state index contributed by atoms with van der Waals surface area (Å²) in [6, 6.07) is 16.3. The molecule has 2 heteroatoms. The van der Waals surface area contributed by atoms with Gasteiger partial charge in [-0.05, 0) is 48.7 Å². The second-order valence-electron chi connectivity index (χ2n) is 4.09. The summed E-state index contributed by atoms with van der Waals surface area (Å²) in [6.07, 6.45) is 4.65. The molecule has 0 saturated carbocycles. The molecule has 0 spiro atoms. The Hall–Kier alpha value is -1.54. The summed E-state index contributed by atoms with van der Waals surface area (Å²) in [5.41, 5.74) is 2.45. The Morgan fingerprint density at radius 1 is 1.11 bits per heavy atom. The summed E-state index contributed by atoms with van der Waals surface area (Å²) < 4.78 is 6.66. The number of ether oxygens (including phenoxy) is 1. The highest BCUT2D eigenvalue weighted by atomic mass is 79.9. The van der Waals surface area contributed by atoms with E-state index in [1.54, 1.807) is 6.26 Å². The maximum atomic E-state index is 5.56. The van der Waals surface area contributed by atoms with Crippen molar-refractivity contribution in [1.29, 1.82) is 0 Å². The third-order valence-corrected chi connectivity index (χ3v) is 3.52. The van der Waals surface area contributed by atoms with Crippen molar-refractivity contribution in [2.75, 3.05) is 0 Å². The Morgan fingerprint density at radius 2 is 1.89 bits per heavy atom. The molecule has 0 aliphatic carbocycles. The standard InChI is InChI=1S/C16H15BrO/c1-13-12-15(9-10-16(13)17)18-11-5-8-14-6-3-2-4-7-14/h2-7,9-12H,8H2,1H3. The molecule has 0 saturated heterocycles. The Labute approximate surface area is 116 Å². The highest BCUT2D eigenvalue weighted by molar-refractivity contribution is 9.10. The van der Waals surface area contributed by atoms with Gasteiger partial charge in [-0.1, -0.05) is 46.3 Å². The lowest BCUT2D eigenvalue weighted by Gasteiger charge is -2.03. The van der Waals surface area contributed by atoms with E-state index in [1.807, 2.05) is 49.4 Å². The van der Waals surface area contributed by atoms with Gasteiger partial charge in [-0.2, -0.15) is 0 Å². The second-order valence-corrected chi connectivity index (χ2v) is 4.94. The summed E-state index contributed by atoms with van der Waals surface area (Å²) in [6.45, 7) is 2.05. The van der Waals surface area contributed by atoms with Gasteiger partial charge in [0.15, 0.2) is 0 Å². The fourth-order valence-corrected chi connectivity index (χ4v) is 1.86. The molecule has 0 atom stereocenters. The molecule has 0 heterocycles. The van der Waals surface area contributed by atoms with Crippen LogP contribution in [0, 0.1) is 6.92 Å². The zero-order chi connectivity index (χ0) is 12.8. The highest BCUT2D eigenvalue weighted by Crippen LogP contribution is 2.21. The smallest absolute Gasteiger partial charge is 0.126 e. The van der Waals surface area contributed by atoms with Gasteiger partial charge in [-0.15, -0.1) is 0 Å². The van der Waals surface area contributed by atoms with Crippen LogP contribution in [0.1, 0.15) is 11.1 Å². The SMILES string of the molecule is Cc1cc(OC=CCc2ccccc2)ccc1Br. The Balaban J connectivity index is 1.89. The van der Waals surface area contributed by atoms with Crippen LogP contribution in [0.4, 0.5) is 0 Å². The van der Waals surface area contributed by atoms with Crippen LogP contribution in [0.2, 0.25) is 0 Å². The summed E-state index contributed by atoms with van der Waals surface area (Å²) in [5.74, 6) is 0.861. The monoisotopic (exact) mass is 302 g/mol. The first-order chi connectivity index (χ1) is 8.75. The lowest BCUT2D eigenvalue weighted by Crippen LogP contribution is -1.85. The van der Waals surface area contributed by atoms with E-state index in [9.17, 15) is 0 Å². The third-order valence-electron chi connectivity index (χ3n) is 2.63. The molecule has 0 fully saturated rings. The first kappa shape index (κ1) is 12.9. The van der Waals surface area contributed by atoms with Crippen LogP contribution in [-0.2, 0) is 6.42 Å². The van der Waals surface area contributed by atoms with Crippen LogP contribution < -0.4 is 4.74 Å². The van der Waals surface area contributed by atoms with Crippen LogP contribution in [-0.4, -0.2) is 0 Å². The lowest BCUT2D eigenvalue weighted by atomic mass is 10.2. The largest absolute Gasteiger partial charge is 0.465 e. The Morgan fingerprint density at radius 3 is 2.61 bits per heavy atom. The van der Waals surface area contributed by atoms with Crippen molar-refractivity contribution in [3.63, 3.8) is 0 Å². The van der Waals surface area contributed by atoms with Crippen molar-refractivity contribution in [1.82, 2.24) is 0 Å². The number of hydrogen-bond donors (Lipinski definition) is 0. The molecule has 2 aromatic carbocycles. The summed E-state index contributed by atoms with van der Waals surface area (Å²) in [5, 5.41) is 0. The fourth-order valence-electron chi connectivity index (χ4n) is 1.62. The average molecular weight is 303 g/mol. The van der Waals surface area contributed by atoms with Gasteiger partial charge < -0.3 is 4.74 Å². The minimum Gasteiger partial charge on any atom is -0.465 e. The number of aryl methyl sites for hydroxylation is 1. The van der Waals surface area contributed by atoms with Crippen LogP contribution in [0.3, 0.4) is 0 Å². The van der Waals surface area contributed by atoms with E-state index in [0.29, 0.717) is 0 Å². The molecule has 0 bridgehead atoms. The summed E-state index contributed by atoms with van der Waals surface area (Å²) >= 11 is 3.47. The number of benzene rings is 2. The van der Waals surface area contributed by atoms with Crippen LogP contribution in [0.5, 0.6) is 5.75 Å². The summed E-state index contributed by atoms with van der Waals surface area (Å²) in [7, 11) is 0. The van der Waals surface area contributed by atoms with E-state index in [0.717, 1.165) is 16.6 Å². The van der Waals surface area contributed by atoms with E-state index < -0.39 is 0 Å². The molecule has 0 amide bonds. The van der Waals surface area contributed by atoms with Crippen molar-refractivity contribution in [3.8, 4) is 5.75 Å². The molecule has 18 heavy (non-hydrogen) atoms. The zero-order valence-electron chi connectivity index (χ0n) is 10.3. The van der Waals surface area contributed by atoms with Crippen LogP contribution in [0.25, 0.3) is 0 Å². The van der Waals surface area contributed by atoms with Gasteiger partial charge in [-0.3, -0.25) is 0 Å². The number of rotatable bonds is 4. The first-order valence-corrected chi connectivity index (χ1v) is 6.67. The summed E-state index contributed by atoms with van der Waals surface area (Å²) in [4.78, 5) is 0. The van der Waals surface area contributed by atoms with Crippen LogP contribution >= 0.6 is 15.9 Å². The van der Waals surface area contributed by atoms with Gasteiger partial charge in [0, 0.05) is 4.47 Å². The van der Waals surface area contributed by atoms with E-state index >= 15 is 0 Å². The van der Waals surface area contributed by atoms with Crippen molar-refractivity contribution >= 4 is 15.9 Å². The minimum atomic E-state index is 0.861. The van der Waals surface area contributed by atoms with E-state index in [4.69, 9.17) is 4.74 Å². The van der Waals surface area contributed by atoms with Gasteiger partial charge in [0.25, 0.3) is 0 Å². The molecule has 2 rings (SSSR count). The molecular formula is C16H15BrO. The maximum Gasteiger partial charge on any atom is 0.126 e. The highest BCUT2D eigenvalue weighted by Gasteiger charge is 1.96. The number of halogens is 1. The minimum absolute atomic E-state index is 0.861. The molecule has 2 aromatic rings. The second kappa shape index (κ2) is 6.41. The van der Waals surface area contributed by atoms with Gasteiger partial charge in [0.2, 0.25) is 0 Å². The molecule has 0 aliphatic heterocycles. The molecule has 0 radical (unpaired) electrons. The third kappa shape index (κ3) is 3.74. The quantitative estimate of drug-likeness (QED) is 0.731. The maximum absolute atomic E-state index is 5.56. The van der Waals surface area contributed by atoms with E-state index in [2.05, 4.69) is 28.1 Å². The molecule has 0 aliphatic rings. The van der Waals surface area contributed by atoms with Gasteiger partial charge in [0.05, 0.1) is 6.26 Å². The molecular weight excluding hydrogens is 288 g/mol. The zero-order valence-corrected chi connectivity index (χ0v) is 11.9. The van der Waals surface area contributed by atoms with E-state index in [1.165, 1.54) is 11.1 Å². The van der Waals surface area contributed by atoms with Gasteiger partial charge >= 0.3 is 0 Å². The first-order valence-electron chi connectivity index (χ1n) is 5.87. The van der Waals surface area contributed by atoms with E-state index in [-0.39, 0.29) is 0 Å². The predicted octanol–water partition coefficient (Wildman–Crippen LogP) is 4.89. The van der Waals surface area contributed by atoms with Crippen molar-refractivity contribution < 1.29 is 4.74 Å². The molecule has 1 nitrogen and oxygen atoms in total. The lowest BCUT2D eigenvalue weighted by molar-refractivity contribution is 0.479. The van der Waals surface area contributed by atoms with Crippen molar-refractivity contribution in [3.05, 3.63) is 76.5 Å². The predicted molar refractivity (Wildman–Crippen MR) is 78.8 cm³/mol. The fraction of sp³-hybridized carbons (Fsp3) is 0.125. The average Bonchev–Trinajstić information content (AvgIpc) is 2.40. The normalized spacial score (nSPS) is 10.8. The Bertz CT molecular complexity index is 532. The molecule has 0 N–H and O–H groups in total. The molecule has 92 valence electrons. The topological polar surface area (TPSA) is 9.23 Å². The van der Waals surface area contributed by atoms with Crippen molar-refractivity contribution in [2.45, 2.75) is 13.3 Å². The molecule has 0 unspecified atom stereocenters. The van der Waals surface area contributed by atoms with Gasteiger partial charge in [0.1, 0.15) is 5.75 Å². The number of hydrogen-bond acceptors (Lipinski definition) is 1. The van der Waals surface area contributed by atoms with Crippen LogP contribution in [0.15, 0.2) is 65.3 Å². The van der Waals surface area contributed by atoms with Gasteiger partial charge in [-0.25, -0.2) is 0 Å². The molecule has 0 aromatic heterocycles. The van der Waals surface area contributed by atoms with Crippen molar-refractivity contribution in [2.24, 2.45) is 0 Å².